The molecule has 1 fully saturated rings. The maximum Gasteiger partial charge on any atom is 0.260 e. The number of fused-ring (bicyclic) bond motifs is 1. The zero-order chi connectivity index (χ0) is 19.7. The maximum absolute atomic E-state index is 13.0. The number of benzene rings is 2. The Balaban J connectivity index is 1.51. The quantitative estimate of drug-likeness (QED) is 0.728. The minimum absolute atomic E-state index is 0.0633. The number of aromatic amines is 1. The largest absolute Gasteiger partial charge is 0.336 e. The molecule has 0 aliphatic carbocycles. The van der Waals surface area contributed by atoms with Crippen LogP contribution in [0.15, 0.2) is 70.5 Å². The Morgan fingerprint density at radius 2 is 1.61 bits per heavy atom. The van der Waals surface area contributed by atoms with E-state index in [1.54, 1.807) is 24.3 Å². The molecule has 3 aromatic rings. The molecule has 0 saturated carbocycles. The molecule has 1 saturated heterocycles. The fourth-order valence-corrected chi connectivity index (χ4v) is 4.83. The van der Waals surface area contributed by atoms with Crippen LogP contribution >= 0.6 is 0 Å². The second-order valence-corrected chi connectivity index (χ2v) is 8.56. The van der Waals surface area contributed by atoms with Gasteiger partial charge in [0, 0.05) is 32.4 Å². The van der Waals surface area contributed by atoms with E-state index < -0.39 is 15.6 Å². The first-order valence-corrected chi connectivity index (χ1v) is 10.4. The van der Waals surface area contributed by atoms with Gasteiger partial charge in [-0.15, -0.1) is 0 Å². The Labute approximate surface area is 162 Å². The van der Waals surface area contributed by atoms with Gasteiger partial charge in [-0.05, 0) is 35.0 Å². The summed E-state index contributed by atoms with van der Waals surface area (Å²) in [6.45, 7) is 0.844. The SMILES string of the molecule is O=C(c1ccc[nH]c1=O)N1CCN(S(=O)(=O)c2ccc3ccccc3c2)CC1. The molecule has 1 amide bonds. The zero-order valence-electron chi connectivity index (χ0n) is 15.0. The summed E-state index contributed by atoms with van der Waals surface area (Å²) in [5, 5.41) is 1.84. The minimum Gasteiger partial charge on any atom is -0.336 e. The Bertz CT molecular complexity index is 1200. The van der Waals surface area contributed by atoms with Gasteiger partial charge in [-0.2, -0.15) is 4.31 Å². The summed E-state index contributed by atoms with van der Waals surface area (Å²) in [5.41, 5.74) is -0.382. The first-order chi connectivity index (χ1) is 13.5. The molecule has 144 valence electrons. The van der Waals surface area contributed by atoms with Gasteiger partial charge in [-0.3, -0.25) is 9.59 Å². The van der Waals surface area contributed by atoms with E-state index >= 15 is 0 Å². The monoisotopic (exact) mass is 397 g/mol. The lowest BCUT2D eigenvalue weighted by Crippen LogP contribution is -2.51. The van der Waals surface area contributed by atoms with Crippen molar-refractivity contribution in [3.8, 4) is 0 Å². The topological polar surface area (TPSA) is 90.6 Å². The third-order valence-electron chi connectivity index (χ3n) is 4.93. The van der Waals surface area contributed by atoms with Gasteiger partial charge in [0.05, 0.1) is 4.90 Å². The minimum atomic E-state index is -3.65. The fraction of sp³-hybridized carbons (Fsp3) is 0.200. The predicted molar refractivity (Wildman–Crippen MR) is 106 cm³/mol. The van der Waals surface area contributed by atoms with Crippen molar-refractivity contribution in [2.75, 3.05) is 26.2 Å². The van der Waals surface area contributed by atoms with Crippen LogP contribution in [0.25, 0.3) is 10.8 Å². The van der Waals surface area contributed by atoms with Gasteiger partial charge < -0.3 is 9.88 Å². The molecule has 2 aromatic carbocycles. The van der Waals surface area contributed by atoms with E-state index in [-0.39, 0.29) is 42.5 Å². The summed E-state index contributed by atoms with van der Waals surface area (Å²) in [7, 11) is -3.65. The molecule has 2 heterocycles. The Morgan fingerprint density at radius 3 is 2.32 bits per heavy atom. The second kappa shape index (κ2) is 7.21. The highest BCUT2D eigenvalue weighted by molar-refractivity contribution is 7.89. The highest BCUT2D eigenvalue weighted by Gasteiger charge is 2.31. The number of nitrogens with zero attached hydrogens (tertiary/aromatic N) is 2. The van der Waals surface area contributed by atoms with E-state index in [2.05, 4.69) is 4.98 Å². The Hall–Kier alpha value is -2.97. The number of hydrogen-bond donors (Lipinski definition) is 1. The molecule has 0 unspecified atom stereocenters. The van der Waals surface area contributed by atoms with Gasteiger partial charge >= 0.3 is 0 Å². The number of rotatable bonds is 3. The number of aromatic nitrogens is 1. The predicted octanol–water partition coefficient (Wildman–Crippen LogP) is 1.67. The van der Waals surface area contributed by atoms with E-state index in [1.807, 2.05) is 24.3 Å². The average Bonchev–Trinajstić information content (AvgIpc) is 2.73. The van der Waals surface area contributed by atoms with Crippen LogP contribution in [-0.4, -0.2) is 54.7 Å². The van der Waals surface area contributed by atoms with Crippen LogP contribution in [0.5, 0.6) is 0 Å². The molecule has 1 aliphatic heterocycles. The molecule has 1 aliphatic rings. The standard InChI is InChI=1S/C20H19N3O4S/c24-19-18(6-3-9-21-19)20(25)22-10-12-23(13-11-22)28(26,27)17-8-7-15-4-1-2-5-16(15)14-17/h1-9,14H,10-13H2,(H,21,24). The summed E-state index contributed by atoms with van der Waals surface area (Å²) in [6.07, 6.45) is 1.47. The smallest absolute Gasteiger partial charge is 0.260 e. The van der Waals surface area contributed by atoms with Crippen molar-refractivity contribution in [3.63, 3.8) is 0 Å². The third-order valence-corrected chi connectivity index (χ3v) is 6.83. The number of carbonyl (C=O) groups is 1. The highest BCUT2D eigenvalue weighted by atomic mass is 32.2. The fourth-order valence-electron chi connectivity index (χ4n) is 3.37. The number of hydrogen-bond acceptors (Lipinski definition) is 4. The van der Waals surface area contributed by atoms with Crippen molar-refractivity contribution in [1.82, 2.24) is 14.2 Å². The van der Waals surface area contributed by atoms with Crippen LogP contribution in [0.2, 0.25) is 0 Å². The molecular weight excluding hydrogens is 378 g/mol. The number of nitrogens with one attached hydrogen (secondary N) is 1. The molecule has 0 atom stereocenters. The van der Waals surface area contributed by atoms with E-state index in [0.717, 1.165) is 10.8 Å². The molecule has 0 radical (unpaired) electrons. The summed E-state index contributed by atoms with van der Waals surface area (Å²) in [5.74, 6) is -0.385. The van der Waals surface area contributed by atoms with Gasteiger partial charge in [0.25, 0.3) is 11.5 Å². The number of sulfonamides is 1. The lowest BCUT2D eigenvalue weighted by atomic mass is 10.1. The van der Waals surface area contributed by atoms with Crippen molar-refractivity contribution < 1.29 is 13.2 Å². The number of pyridine rings is 1. The normalized spacial score (nSPS) is 15.6. The Morgan fingerprint density at radius 1 is 0.893 bits per heavy atom. The Kier molecular flexibility index (Phi) is 4.74. The summed E-state index contributed by atoms with van der Waals surface area (Å²) in [4.78, 5) is 28.6. The first kappa shape index (κ1) is 18.4. The van der Waals surface area contributed by atoms with Gasteiger partial charge in [0.15, 0.2) is 0 Å². The molecule has 0 bridgehead atoms. The molecule has 4 rings (SSSR count). The number of carbonyl (C=O) groups excluding carboxylic acids is 1. The van der Waals surface area contributed by atoms with Crippen LogP contribution in [0.3, 0.4) is 0 Å². The number of piperazine rings is 1. The molecule has 1 aromatic heterocycles. The van der Waals surface area contributed by atoms with E-state index in [9.17, 15) is 18.0 Å². The van der Waals surface area contributed by atoms with Crippen molar-refractivity contribution in [1.29, 1.82) is 0 Å². The van der Waals surface area contributed by atoms with E-state index in [4.69, 9.17) is 0 Å². The van der Waals surface area contributed by atoms with E-state index in [0.29, 0.717) is 0 Å². The number of H-pyrrole nitrogens is 1. The second-order valence-electron chi connectivity index (χ2n) is 6.62. The molecule has 0 spiro atoms. The lowest BCUT2D eigenvalue weighted by Gasteiger charge is -2.34. The summed E-state index contributed by atoms with van der Waals surface area (Å²) in [6, 6.07) is 15.7. The molecule has 28 heavy (non-hydrogen) atoms. The van der Waals surface area contributed by atoms with Gasteiger partial charge in [-0.1, -0.05) is 30.3 Å². The van der Waals surface area contributed by atoms with Crippen LogP contribution in [0.1, 0.15) is 10.4 Å². The number of amides is 1. The maximum atomic E-state index is 13.0. The van der Waals surface area contributed by atoms with Crippen molar-refractivity contribution in [2.45, 2.75) is 4.90 Å². The lowest BCUT2D eigenvalue weighted by molar-refractivity contribution is 0.0696. The highest BCUT2D eigenvalue weighted by Crippen LogP contribution is 2.23. The average molecular weight is 397 g/mol. The van der Waals surface area contributed by atoms with Crippen LogP contribution in [-0.2, 0) is 10.0 Å². The van der Waals surface area contributed by atoms with Crippen LogP contribution in [0.4, 0.5) is 0 Å². The van der Waals surface area contributed by atoms with Gasteiger partial charge in [-0.25, -0.2) is 8.42 Å². The van der Waals surface area contributed by atoms with Crippen molar-refractivity contribution in [3.05, 3.63) is 76.7 Å². The van der Waals surface area contributed by atoms with Crippen LogP contribution in [0, 0.1) is 0 Å². The van der Waals surface area contributed by atoms with Crippen molar-refractivity contribution >= 4 is 26.7 Å². The van der Waals surface area contributed by atoms with Crippen LogP contribution < -0.4 is 5.56 Å². The molecule has 1 N–H and O–H groups in total. The molecular formula is C20H19N3O4S. The summed E-state index contributed by atoms with van der Waals surface area (Å²) < 4.78 is 27.4. The summed E-state index contributed by atoms with van der Waals surface area (Å²) >= 11 is 0. The van der Waals surface area contributed by atoms with Gasteiger partial charge in [0.1, 0.15) is 5.56 Å². The first-order valence-electron chi connectivity index (χ1n) is 8.93. The zero-order valence-corrected chi connectivity index (χ0v) is 15.9. The molecule has 8 heteroatoms. The molecule has 7 nitrogen and oxygen atoms in total. The van der Waals surface area contributed by atoms with Crippen molar-refractivity contribution in [2.24, 2.45) is 0 Å². The van der Waals surface area contributed by atoms with E-state index in [1.165, 1.54) is 21.5 Å². The third kappa shape index (κ3) is 3.32. The van der Waals surface area contributed by atoms with Gasteiger partial charge in [0.2, 0.25) is 10.0 Å².